The van der Waals surface area contributed by atoms with Crippen LogP contribution in [0, 0.1) is 24.7 Å². The van der Waals surface area contributed by atoms with Gasteiger partial charge in [0.25, 0.3) is 0 Å². The zero-order valence-electron chi connectivity index (χ0n) is 23.0. The Morgan fingerprint density at radius 2 is 1.58 bits per heavy atom. The Morgan fingerprint density at radius 3 is 2.16 bits per heavy atom. The maximum Gasteiger partial charge on any atom is 0.323 e. The minimum absolute atomic E-state index is 0.0807. The van der Waals surface area contributed by atoms with E-state index in [0.29, 0.717) is 42.5 Å². The number of hydrogen-bond acceptors (Lipinski definition) is 5. The molecule has 2 unspecified atom stereocenters. The van der Waals surface area contributed by atoms with Crippen molar-refractivity contribution in [1.82, 2.24) is 4.72 Å². The van der Waals surface area contributed by atoms with Crippen LogP contribution in [0.2, 0.25) is 0 Å². The molecule has 2 aliphatic rings. The number of carbonyl (C=O) groups excluding carboxylic acids is 2. The number of nitrogens with zero attached hydrogens (tertiary/aromatic N) is 1. The molecule has 8 nitrogen and oxygen atoms in total. The van der Waals surface area contributed by atoms with Gasteiger partial charge in [-0.1, -0.05) is 51.5 Å². The van der Waals surface area contributed by atoms with E-state index in [1.54, 1.807) is 0 Å². The molecule has 38 heavy (non-hydrogen) atoms. The van der Waals surface area contributed by atoms with Crippen LogP contribution in [0.3, 0.4) is 0 Å². The number of urea groups is 1. The van der Waals surface area contributed by atoms with Gasteiger partial charge in [0, 0.05) is 24.7 Å². The Hall–Kier alpha value is -3.07. The summed E-state index contributed by atoms with van der Waals surface area (Å²) in [5.41, 5.74) is 4.32. The molecule has 3 amide bonds. The van der Waals surface area contributed by atoms with E-state index >= 15 is 0 Å². The zero-order valence-corrected chi connectivity index (χ0v) is 23.8. The summed E-state index contributed by atoms with van der Waals surface area (Å²) >= 11 is 0. The number of rotatable bonds is 11. The minimum Gasteiger partial charge on any atom is -0.369 e. The van der Waals surface area contributed by atoms with Crippen molar-refractivity contribution in [3.63, 3.8) is 0 Å². The third-order valence-corrected chi connectivity index (χ3v) is 8.69. The second-order valence-corrected chi connectivity index (χ2v) is 13.5. The van der Waals surface area contributed by atoms with Crippen LogP contribution in [-0.2, 0) is 14.8 Å². The monoisotopic (exact) mass is 540 g/mol. The van der Waals surface area contributed by atoms with Gasteiger partial charge >= 0.3 is 6.03 Å². The van der Waals surface area contributed by atoms with E-state index in [2.05, 4.69) is 48.0 Å². The maximum absolute atomic E-state index is 13.0. The lowest BCUT2D eigenvalue weighted by Gasteiger charge is -2.30. The SMILES string of the molecule is Cc1ccc(NC(=O)Nc2cc(C3CC3C(=O)NS(=O)(=O)C3CC3)ccc2N(CC(C)C)CC(C)C)cc1. The van der Waals surface area contributed by atoms with Gasteiger partial charge in [-0.3, -0.25) is 9.52 Å². The average Bonchev–Trinajstić information content (AvgIpc) is 3.72. The summed E-state index contributed by atoms with van der Waals surface area (Å²) < 4.78 is 26.7. The van der Waals surface area contributed by atoms with E-state index in [9.17, 15) is 18.0 Å². The van der Waals surface area contributed by atoms with Crippen molar-refractivity contribution >= 4 is 39.0 Å². The Labute approximate surface area is 226 Å². The fourth-order valence-corrected chi connectivity index (χ4v) is 6.12. The van der Waals surface area contributed by atoms with Crippen LogP contribution in [0.5, 0.6) is 0 Å². The molecule has 2 aromatic carbocycles. The summed E-state index contributed by atoms with van der Waals surface area (Å²) in [5.74, 6) is -0.0483. The number of hydrogen-bond donors (Lipinski definition) is 3. The van der Waals surface area contributed by atoms with E-state index in [-0.39, 0.29) is 17.9 Å². The number of carbonyl (C=O) groups is 2. The molecule has 0 heterocycles. The zero-order chi connectivity index (χ0) is 27.6. The number of amides is 3. The first-order valence-corrected chi connectivity index (χ1v) is 15.1. The highest BCUT2D eigenvalue weighted by Gasteiger charge is 2.47. The molecule has 2 aromatic rings. The van der Waals surface area contributed by atoms with Gasteiger partial charge in [0.1, 0.15) is 0 Å². The summed E-state index contributed by atoms with van der Waals surface area (Å²) in [4.78, 5) is 28.0. The van der Waals surface area contributed by atoms with E-state index in [1.165, 1.54) is 0 Å². The molecule has 2 fully saturated rings. The molecule has 4 rings (SSSR count). The average molecular weight is 541 g/mol. The molecule has 0 saturated heterocycles. The molecular weight excluding hydrogens is 500 g/mol. The van der Waals surface area contributed by atoms with Crippen LogP contribution >= 0.6 is 0 Å². The molecule has 9 heteroatoms. The first-order chi connectivity index (χ1) is 17.9. The standard InChI is InChI=1S/C29H40N4O4S/c1-18(2)16-33(17-19(3)4)27-13-8-21(24-15-25(24)28(34)32-38(36,37)23-11-12-23)14-26(27)31-29(35)30-22-9-6-20(5)7-10-22/h6-10,13-14,18-19,23-25H,11-12,15-17H2,1-5H3,(H,32,34)(H2,30,31,35). The van der Waals surface area contributed by atoms with Crippen LogP contribution in [0.15, 0.2) is 42.5 Å². The Kier molecular flexibility index (Phi) is 8.35. The number of benzene rings is 2. The van der Waals surface area contributed by atoms with Crippen LogP contribution in [-0.4, -0.2) is 38.7 Å². The van der Waals surface area contributed by atoms with E-state index in [4.69, 9.17) is 0 Å². The smallest absolute Gasteiger partial charge is 0.323 e. The van der Waals surface area contributed by atoms with Gasteiger partial charge in [-0.05, 0) is 73.8 Å². The quantitative estimate of drug-likeness (QED) is 0.350. The maximum atomic E-state index is 13.0. The summed E-state index contributed by atoms with van der Waals surface area (Å²) in [7, 11) is -3.57. The number of anilines is 3. The summed E-state index contributed by atoms with van der Waals surface area (Å²) in [6.07, 6.45) is 1.81. The first kappa shape index (κ1) is 28.0. The normalized spacial score (nSPS) is 18.8. The topological polar surface area (TPSA) is 108 Å². The van der Waals surface area contributed by atoms with Gasteiger partial charge in [0.15, 0.2) is 0 Å². The van der Waals surface area contributed by atoms with Gasteiger partial charge < -0.3 is 15.5 Å². The van der Waals surface area contributed by atoms with Crippen molar-refractivity contribution in [2.75, 3.05) is 28.6 Å². The third kappa shape index (κ3) is 7.28. The van der Waals surface area contributed by atoms with Crippen molar-refractivity contribution in [2.45, 2.75) is 65.0 Å². The Morgan fingerprint density at radius 1 is 0.947 bits per heavy atom. The molecule has 206 valence electrons. The van der Waals surface area contributed by atoms with Crippen LogP contribution in [0.25, 0.3) is 0 Å². The van der Waals surface area contributed by atoms with Crippen LogP contribution in [0.1, 0.15) is 64.0 Å². The van der Waals surface area contributed by atoms with Crippen molar-refractivity contribution in [2.24, 2.45) is 17.8 Å². The van der Waals surface area contributed by atoms with Crippen molar-refractivity contribution in [3.05, 3.63) is 53.6 Å². The molecule has 3 N–H and O–H groups in total. The summed E-state index contributed by atoms with van der Waals surface area (Å²) in [5, 5.41) is 5.51. The molecule has 2 atom stereocenters. The molecule has 2 aliphatic carbocycles. The Bertz CT molecular complexity index is 1260. The number of aryl methyl sites for hydroxylation is 1. The largest absolute Gasteiger partial charge is 0.369 e. The van der Waals surface area contributed by atoms with E-state index < -0.39 is 21.2 Å². The molecule has 0 spiro atoms. The first-order valence-electron chi connectivity index (χ1n) is 13.5. The lowest BCUT2D eigenvalue weighted by molar-refractivity contribution is -0.120. The van der Waals surface area contributed by atoms with Gasteiger partial charge in [-0.15, -0.1) is 0 Å². The molecule has 2 saturated carbocycles. The molecular formula is C29H40N4O4S. The van der Waals surface area contributed by atoms with Crippen LogP contribution in [0.4, 0.5) is 21.9 Å². The fourth-order valence-electron chi connectivity index (χ4n) is 4.77. The van der Waals surface area contributed by atoms with Gasteiger partial charge in [-0.25, -0.2) is 13.2 Å². The van der Waals surface area contributed by atoms with Gasteiger partial charge in [0.2, 0.25) is 15.9 Å². The molecule has 0 aromatic heterocycles. The third-order valence-electron chi connectivity index (χ3n) is 6.85. The fraction of sp³-hybridized carbons (Fsp3) is 0.517. The minimum atomic E-state index is -3.57. The summed E-state index contributed by atoms with van der Waals surface area (Å²) in [6.45, 7) is 12.3. The van der Waals surface area contributed by atoms with Crippen molar-refractivity contribution in [1.29, 1.82) is 0 Å². The highest BCUT2D eigenvalue weighted by molar-refractivity contribution is 7.90. The predicted octanol–water partition coefficient (Wildman–Crippen LogP) is 5.47. The highest BCUT2D eigenvalue weighted by Crippen LogP contribution is 2.49. The van der Waals surface area contributed by atoms with E-state index in [1.807, 2.05) is 49.4 Å². The Balaban J connectivity index is 1.56. The van der Waals surface area contributed by atoms with Crippen molar-refractivity contribution in [3.8, 4) is 0 Å². The highest BCUT2D eigenvalue weighted by atomic mass is 32.2. The van der Waals surface area contributed by atoms with Gasteiger partial charge in [-0.2, -0.15) is 0 Å². The van der Waals surface area contributed by atoms with E-state index in [0.717, 1.165) is 29.9 Å². The molecule has 0 bridgehead atoms. The second kappa shape index (κ2) is 11.4. The lowest BCUT2D eigenvalue weighted by Crippen LogP contribution is -2.34. The lowest BCUT2D eigenvalue weighted by atomic mass is 10.0. The van der Waals surface area contributed by atoms with Crippen molar-refractivity contribution < 1.29 is 18.0 Å². The van der Waals surface area contributed by atoms with Gasteiger partial charge in [0.05, 0.1) is 16.6 Å². The molecule has 0 radical (unpaired) electrons. The predicted molar refractivity (Wildman–Crippen MR) is 153 cm³/mol. The molecule has 0 aliphatic heterocycles. The summed E-state index contributed by atoms with van der Waals surface area (Å²) in [6, 6.07) is 13.2. The second-order valence-electron chi connectivity index (χ2n) is 11.6. The van der Waals surface area contributed by atoms with Crippen LogP contribution < -0.4 is 20.3 Å². The number of nitrogens with one attached hydrogen (secondary N) is 3. The number of sulfonamides is 1.